The Kier molecular flexibility index (Phi) is 1.78. The van der Waals surface area contributed by atoms with E-state index in [1.165, 1.54) is 5.56 Å². The van der Waals surface area contributed by atoms with Crippen LogP contribution in [0.1, 0.15) is 11.3 Å². The zero-order valence-electron chi connectivity index (χ0n) is 7.82. The van der Waals surface area contributed by atoms with E-state index in [1.807, 2.05) is 18.2 Å². The summed E-state index contributed by atoms with van der Waals surface area (Å²) in [7, 11) is 0. The van der Waals surface area contributed by atoms with Gasteiger partial charge in [0.1, 0.15) is 5.69 Å². The molecular weight excluding hydrogens is 208 g/mol. The van der Waals surface area contributed by atoms with Crippen LogP contribution in [-0.2, 0) is 6.42 Å². The molecule has 0 spiro atoms. The first-order chi connectivity index (χ1) is 7.33. The summed E-state index contributed by atoms with van der Waals surface area (Å²) in [5.74, 6) is 0.762. The van der Waals surface area contributed by atoms with Gasteiger partial charge in [0, 0.05) is 12.1 Å². The van der Waals surface area contributed by atoms with E-state index >= 15 is 0 Å². The van der Waals surface area contributed by atoms with E-state index in [0.29, 0.717) is 4.77 Å². The molecular formula is C10H8N4S. The van der Waals surface area contributed by atoms with E-state index < -0.39 is 0 Å². The predicted octanol–water partition coefficient (Wildman–Crippen LogP) is 2.18. The van der Waals surface area contributed by atoms with E-state index in [2.05, 4.69) is 26.6 Å². The van der Waals surface area contributed by atoms with Crippen LogP contribution in [0.3, 0.4) is 0 Å². The second-order valence-corrected chi connectivity index (χ2v) is 3.78. The van der Waals surface area contributed by atoms with Gasteiger partial charge in [-0.05, 0) is 23.8 Å². The monoisotopic (exact) mass is 216 g/mol. The molecule has 15 heavy (non-hydrogen) atoms. The Labute approximate surface area is 91.4 Å². The van der Waals surface area contributed by atoms with Crippen LogP contribution in [-0.4, -0.2) is 15.2 Å². The Morgan fingerprint density at radius 2 is 2.13 bits per heavy atom. The minimum atomic E-state index is 0.403. The third-order valence-electron chi connectivity index (χ3n) is 2.40. The molecule has 0 bridgehead atoms. The molecule has 2 heterocycles. The van der Waals surface area contributed by atoms with Crippen molar-refractivity contribution in [2.45, 2.75) is 6.42 Å². The van der Waals surface area contributed by atoms with Gasteiger partial charge in [0.25, 0.3) is 0 Å². The van der Waals surface area contributed by atoms with Crippen LogP contribution >= 0.6 is 12.2 Å². The Morgan fingerprint density at radius 1 is 1.27 bits per heavy atom. The molecule has 0 atom stereocenters. The lowest BCUT2D eigenvalue weighted by molar-refractivity contribution is 0.874. The Morgan fingerprint density at radius 3 is 3.07 bits per heavy atom. The number of benzene rings is 1. The number of nitrogens with zero attached hydrogens (tertiary/aromatic N) is 2. The first-order valence-electron chi connectivity index (χ1n) is 4.63. The highest BCUT2D eigenvalue weighted by Crippen LogP contribution is 2.28. The van der Waals surface area contributed by atoms with Gasteiger partial charge in [0.15, 0.2) is 5.82 Å². The Balaban J connectivity index is 2.15. The maximum Gasteiger partial charge on any atom is 0.215 e. The van der Waals surface area contributed by atoms with E-state index in [0.717, 1.165) is 23.6 Å². The van der Waals surface area contributed by atoms with Gasteiger partial charge in [0.05, 0.1) is 0 Å². The minimum absolute atomic E-state index is 0.403. The van der Waals surface area contributed by atoms with Gasteiger partial charge in [-0.3, -0.25) is 5.10 Å². The first-order valence-corrected chi connectivity index (χ1v) is 5.04. The fourth-order valence-electron chi connectivity index (χ4n) is 1.69. The molecule has 5 heteroatoms. The van der Waals surface area contributed by atoms with Crippen LogP contribution in [0.2, 0.25) is 0 Å². The van der Waals surface area contributed by atoms with Gasteiger partial charge in [-0.25, -0.2) is 0 Å². The Hall–Kier alpha value is -1.75. The van der Waals surface area contributed by atoms with E-state index in [1.54, 1.807) is 0 Å². The van der Waals surface area contributed by atoms with Crippen molar-refractivity contribution in [3.05, 3.63) is 40.3 Å². The number of hydrogen-bond acceptors (Lipinski definition) is 4. The number of anilines is 2. The predicted molar refractivity (Wildman–Crippen MR) is 59.7 cm³/mol. The van der Waals surface area contributed by atoms with Gasteiger partial charge in [0.2, 0.25) is 4.77 Å². The zero-order valence-corrected chi connectivity index (χ0v) is 8.64. The molecule has 0 radical (unpaired) electrons. The molecule has 0 amide bonds. The second kappa shape index (κ2) is 3.13. The average Bonchev–Trinajstić information content (AvgIpc) is 2.26. The summed E-state index contributed by atoms with van der Waals surface area (Å²) in [6, 6.07) is 8.12. The molecule has 1 aromatic carbocycles. The molecule has 0 aliphatic carbocycles. The van der Waals surface area contributed by atoms with Gasteiger partial charge >= 0.3 is 0 Å². The second-order valence-electron chi connectivity index (χ2n) is 3.39. The average molecular weight is 216 g/mol. The number of nitrogens with one attached hydrogen (secondary N) is 2. The Bertz CT molecular complexity index is 576. The molecule has 2 N–H and O–H groups in total. The van der Waals surface area contributed by atoms with Crippen molar-refractivity contribution in [1.29, 1.82) is 0 Å². The van der Waals surface area contributed by atoms with Crippen LogP contribution in [0.15, 0.2) is 24.3 Å². The number of aromatic nitrogens is 3. The number of H-pyrrole nitrogens is 1. The maximum absolute atomic E-state index is 4.93. The summed E-state index contributed by atoms with van der Waals surface area (Å²) in [6.07, 6.45) is 0.789. The zero-order chi connectivity index (χ0) is 10.3. The van der Waals surface area contributed by atoms with E-state index in [4.69, 9.17) is 12.2 Å². The molecule has 0 saturated carbocycles. The number of rotatable bonds is 0. The highest BCUT2D eigenvalue weighted by Gasteiger charge is 2.16. The molecule has 3 rings (SSSR count). The standard InChI is InChI=1S/C10H8N4S/c15-10-12-9-8(13-14-10)5-6-3-1-2-4-7(6)11-9/h1-4H,5H2,(H2,11,12,14,15). The molecule has 74 valence electrons. The van der Waals surface area contributed by atoms with E-state index in [-0.39, 0.29) is 0 Å². The molecule has 1 aliphatic heterocycles. The SMILES string of the molecule is S=c1nc2c(n[nH]1)Cc1ccccc1N2. The summed E-state index contributed by atoms with van der Waals surface area (Å²) < 4.78 is 0.403. The maximum atomic E-state index is 4.93. The van der Waals surface area contributed by atoms with Crippen molar-refractivity contribution in [1.82, 2.24) is 15.2 Å². The summed E-state index contributed by atoms with van der Waals surface area (Å²) in [5.41, 5.74) is 3.21. The third kappa shape index (κ3) is 1.41. The highest BCUT2D eigenvalue weighted by atomic mass is 32.1. The lowest BCUT2D eigenvalue weighted by Gasteiger charge is -2.18. The molecule has 1 aliphatic rings. The summed E-state index contributed by atoms with van der Waals surface area (Å²) in [5, 5.41) is 10.1. The highest BCUT2D eigenvalue weighted by molar-refractivity contribution is 7.71. The number of hydrogen-bond donors (Lipinski definition) is 2. The van der Waals surface area contributed by atoms with Crippen molar-refractivity contribution in [3.8, 4) is 0 Å². The van der Waals surface area contributed by atoms with Crippen LogP contribution in [0, 0.1) is 4.77 Å². The van der Waals surface area contributed by atoms with Gasteiger partial charge < -0.3 is 5.32 Å². The van der Waals surface area contributed by atoms with Crippen LogP contribution in [0.25, 0.3) is 0 Å². The largest absolute Gasteiger partial charge is 0.338 e. The lowest BCUT2D eigenvalue weighted by Crippen LogP contribution is -2.11. The van der Waals surface area contributed by atoms with Crippen molar-refractivity contribution in [2.75, 3.05) is 5.32 Å². The lowest BCUT2D eigenvalue weighted by atomic mass is 10.0. The smallest absolute Gasteiger partial charge is 0.215 e. The molecule has 2 aromatic rings. The fourth-order valence-corrected chi connectivity index (χ4v) is 1.82. The van der Waals surface area contributed by atoms with Crippen LogP contribution < -0.4 is 5.32 Å². The quantitative estimate of drug-likeness (QED) is 0.565. The van der Waals surface area contributed by atoms with Crippen molar-refractivity contribution >= 4 is 23.7 Å². The van der Waals surface area contributed by atoms with Crippen molar-refractivity contribution in [3.63, 3.8) is 0 Å². The molecule has 0 saturated heterocycles. The summed E-state index contributed by atoms with van der Waals surface area (Å²) >= 11 is 4.93. The topological polar surface area (TPSA) is 53.6 Å². The van der Waals surface area contributed by atoms with Crippen LogP contribution in [0.4, 0.5) is 11.5 Å². The molecule has 1 aromatic heterocycles. The normalized spacial score (nSPS) is 12.5. The molecule has 4 nitrogen and oxygen atoms in total. The van der Waals surface area contributed by atoms with Gasteiger partial charge in [-0.2, -0.15) is 10.1 Å². The van der Waals surface area contributed by atoms with Gasteiger partial charge in [-0.15, -0.1) is 0 Å². The fraction of sp³-hybridized carbons (Fsp3) is 0.100. The van der Waals surface area contributed by atoms with E-state index in [9.17, 15) is 0 Å². The number of fused-ring (bicyclic) bond motifs is 2. The number of para-hydroxylation sites is 1. The number of aromatic amines is 1. The summed E-state index contributed by atoms with van der Waals surface area (Å²) in [6.45, 7) is 0. The molecule has 0 unspecified atom stereocenters. The molecule has 0 fully saturated rings. The minimum Gasteiger partial charge on any atom is -0.338 e. The third-order valence-corrected chi connectivity index (χ3v) is 2.58. The van der Waals surface area contributed by atoms with Crippen LogP contribution in [0.5, 0.6) is 0 Å². The first kappa shape index (κ1) is 8.55. The summed E-state index contributed by atoms with van der Waals surface area (Å²) in [4.78, 5) is 4.20. The van der Waals surface area contributed by atoms with Gasteiger partial charge in [-0.1, -0.05) is 18.2 Å². The van der Waals surface area contributed by atoms with Crippen molar-refractivity contribution < 1.29 is 0 Å². The van der Waals surface area contributed by atoms with Crippen molar-refractivity contribution in [2.24, 2.45) is 0 Å².